The molecule has 148 valence electrons. The number of hydrogen-bond donors (Lipinski definition) is 3. The van der Waals surface area contributed by atoms with E-state index in [9.17, 15) is 22.8 Å². The van der Waals surface area contributed by atoms with Crippen molar-refractivity contribution in [1.82, 2.24) is 20.5 Å². The molecule has 27 heavy (non-hydrogen) atoms. The fourth-order valence-corrected chi connectivity index (χ4v) is 3.97. The maximum atomic E-state index is 12.4. The minimum Gasteiger partial charge on any atom is -0.449 e. The number of benzene rings is 1. The minimum atomic E-state index is -3.54. The molecule has 1 fully saturated rings. The molecule has 0 spiro atoms. The molecular formula is C16H22N4O6S. The van der Waals surface area contributed by atoms with E-state index in [1.54, 1.807) is 6.92 Å². The van der Waals surface area contributed by atoms with Crippen molar-refractivity contribution in [2.75, 3.05) is 26.2 Å². The summed E-state index contributed by atoms with van der Waals surface area (Å²) < 4.78 is 30.8. The normalized spacial score (nSPS) is 14.4. The smallest absolute Gasteiger partial charge is 0.426 e. The molecule has 11 heteroatoms. The summed E-state index contributed by atoms with van der Waals surface area (Å²) in [4.78, 5) is 34.7. The molecule has 1 aliphatic heterocycles. The van der Waals surface area contributed by atoms with Gasteiger partial charge in [-0.3, -0.25) is 15.0 Å². The first kappa shape index (κ1) is 20.6. The van der Waals surface area contributed by atoms with Crippen LogP contribution >= 0.6 is 0 Å². The Morgan fingerprint density at radius 3 is 2.30 bits per heavy atom. The van der Waals surface area contributed by atoms with Gasteiger partial charge in [-0.2, -0.15) is 4.31 Å². The Labute approximate surface area is 157 Å². The third kappa shape index (κ3) is 5.66. The Hall–Kier alpha value is -2.66. The average Bonchev–Trinajstić information content (AvgIpc) is 3.20. The van der Waals surface area contributed by atoms with Crippen LogP contribution in [-0.2, 0) is 19.6 Å². The number of hydrazine groups is 1. The van der Waals surface area contributed by atoms with Crippen LogP contribution in [-0.4, -0.2) is 56.9 Å². The highest BCUT2D eigenvalue weighted by Crippen LogP contribution is 2.21. The van der Waals surface area contributed by atoms with Crippen molar-refractivity contribution >= 4 is 27.9 Å². The van der Waals surface area contributed by atoms with Crippen LogP contribution in [0.5, 0.6) is 0 Å². The average molecular weight is 398 g/mol. The zero-order chi connectivity index (χ0) is 19.9. The molecule has 10 nitrogen and oxygen atoms in total. The largest absolute Gasteiger partial charge is 0.449 e. The summed E-state index contributed by atoms with van der Waals surface area (Å²) in [5, 5.41) is 2.36. The standard InChI is InChI=1S/C16H22N4O6S/c1-2-26-16(23)19-18-14(21)11-17-15(22)12-5-7-13(8-6-12)27(24,25)20-9-3-4-10-20/h5-8H,2-4,9-11H2,1H3,(H,17,22)(H,18,21)(H,19,23). The van der Waals surface area contributed by atoms with Gasteiger partial charge in [0.1, 0.15) is 0 Å². The summed E-state index contributed by atoms with van der Waals surface area (Å²) >= 11 is 0. The molecule has 3 amide bonds. The molecule has 0 unspecified atom stereocenters. The second-order valence-corrected chi connectivity index (χ2v) is 7.65. The van der Waals surface area contributed by atoms with E-state index >= 15 is 0 Å². The third-order valence-corrected chi connectivity index (χ3v) is 5.72. The lowest BCUT2D eigenvalue weighted by Crippen LogP contribution is -2.46. The number of carbonyl (C=O) groups is 3. The number of sulfonamides is 1. The van der Waals surface area contributed by atoms with Crippen molar-refractivity contribution in [2.24, 2.45) is 0 Å². The molecule has 0 bridgehead atoms. The number of carbonyl (C=O) groups excluding carboxylic acids is 3. The van der Waals surface area contributed by atoms with Crippen LogP contribution in [0.3, 0.4) is 0 Å². The molecule has 0 radical (unpaired) electrons. The first-order valence-electron chi connectivity index (χ1n) is 8.44. The third-order valence-electron chi connectivity index (χ3n) is 3.81. The monoisotopic (exact) mass is 398 g/mol. The molecular weight excluding hydrogens is 376 g/mol. The number of hydrogen-bond acceptors (Lipinski definition) is 6. The van der Waals surface area contributed by atoms with Crippen LogP contribution < -0.4 is 16.2 Å². The van der Waals surface area contributed by atoms with Gasteiger partial charge in [0.05, 0.1) is 18.0 Å². The van der Waals surface area contributed by atoms with Gasteiger partial charge in [-0.25, -0.2) is 18.6 Å². The predicted octanol–water partition coefficient (Wildman–Crippen LogP) is -0.0218. The second kappa shape index (κ2) is 9.33. The molecule has 3 N–H and O–H groups in total. The highest BCUT2D eigenvalue weighted by Gasteiger charge is 2.27. The van der Waals surface area contributed by atoms with Crippen LogP contribution in [0.25, 0.3) is 0 Å². The van der Waals surface area contributed by atoms with Gasteiger partial charge in [-0.1, -0.05) is 0 Å². The predicted molar refractivity (Wildman–Crippen MR) is 95.1 cm³/mol. The van der Waals surface area contributed by atoms with Gasteiger partial charge in [0.25, 0.3) is 11.8 Å². The molecule has 0 saturated carbocycles. The van der Waals surface area contributed by atoms with Gasteiger partial charge >= 0.3 is 6.09 Å². The van der Waals surface area contributed by atoms with E-state index in [1.807, 2.05) is 5.43 Å². The molecule has 1 aromatic carbocycles. The Morgan fingerprint density at radius 1 is 1.07 bits per heavy atom. The lowest BCUT2D eigenvalue weighted by Gasteiger charge is -2.15. The van der Waals surface area contributed by atoms with Gasteiger partial charge in [-0.15, -0.1) is 0 Å². The fourth-order valence-electron chi connectivity index (χ4n) is 2.45. The summed E-state index contributed by atoms with van der Waals surface area (Å²) in [5.41, 5.74) is 4.30. The maximum absolute atomic E-state index is 12.4. The molecule has 0 aromatic heterocycles. The fraction of sp³-hybridized carbons (Fsp3) is 0.438. The Bertz CT molecular complexity index is 788. The van der Waals surface area contributed by atoms with Crippen molar-refractivity contribution in [2.45, 2.75) is 24.7 Å². The maximum Gasteiger partial charge on any atom is 0.426 e. The van der Waals surface area contributed by atoms with Gasteiger partial charge in [0, 0.05) is 18.7 Å². The number of amides is 3. The first-order valence-corrected chi connectivity index (χ1v) is 9.88. The van der Waals surface area contributed by atoms with Crippen molar-refractivity contribution in [3.05, 3.63) is 29.8 Å². The number of nitrogens with zero attached hydrogens (tertiary/aromatic N) is 1. The SMILES string of the molecule is CCOC(=O)NNC(=O)CNC(=O)c1ccc(S(=O)(=O)N2CCCC2)cc1. The van der Waals surface area contributed by atoms with Gasteiger partial charge in [-0.05, 0) is 44.0 Å². The van der Waals surface area contributed by atoms with Crippen LogP contribution in [0.2, 0.25) is 0 Å². The Balaban J connectivity index is 1.86. The molecule has 1 aliphatic rings. The summed E-state index contributed by atoms with van der Waals surface area (Å²) in [6, 6.07) is 5.50. The molecule has 1 saturated heterocycles. The van der Waals surface area contributed by atoms with E-state index in [1.165, 1.54) is 28.6 Å². The van der Waals surface area contributed by atoms with Gasteiger partial charge in [0.2, 0.25) is 10.0 Å². The molecule has 0 aliphatic carbocycles. The zero-order valence-corrected chi connectivity index (χ0v) is 15.7. The number of ether oxygens (including phenoxy) is 1. The lowest BCUT2D eigenvalue weighted by molar-refractivity contribution is -0.121. The zero-order valence-electron chi connectivity index (χ0n) is 14.9. The summed E-state index contributed by atoms with van der Waals surface area (Å²) in [7, 11) is -3.54. The van der Waals surface area contributed by atoms with Crippen LogP contribution in [0.15, 0.2) is 29.2 Å². The van der Waals surface area contributed by atoms with Crippen molar-refractivity contribution in [1.29, 1.82) is 0 Å². The van der Waals surface area contributed by atoms with E-state index < -0.39 is 27.9 Å². The van der Waals surface area contributed by atoms with Gasteiger partial charge in [0.15, 0.2) is 0 Å². The highest BCUT2D eigenvalue weighted by atomic mass is 32.2. The number of rotatable bonds is 6. The van der Waals surface area contributed by atoms with Crippen LogP contribution in [0, 0.1) is 0 Å². The van der Waals surface area contributed by atoms with E-state index in [4.69, 9.17) is 0 Å². The first-order chi connectivity index (χ1) is 12.8. The lowest BCUT2D eigenvalue weighted by atomic mass is 10.2. The quantitative estimate of drug-likeness (QED) is 0.577. The molecule has 1 heterocycles. The van der Waals surface area contributed by atoms with E-state index in [0.29, 0.717) is 13.1 Å². The minimum absolute atomic E-state index is 0.123. The summed E-state index contributed by atoms with van der Waals surface area (Å²) in [5.74, 6) is -1.20. The van der Waals surface area contributed by atoms with E-state index in [-0.39, 0.29) is 23.6 Å². The summed E-state index contributed by atoms with van der Waals surface area (Å²) in [6.45, 7) is 2.39. The molecule has 1 aromatic rings. The summed E-state index contributed by atoms with van der Waals surface area (Å²) in [6.07, 6.45) is 0.867. The van der Waals surface area contributed by atoms with Crippen molar-refractivity contribution in [3.8, 4) is 0 Å². The van der Waals surface area contributed by atoms with Crippen LogP contribution in [0.1, 0.15) is 30.1 Å². The highest BCUT2D eigenvalue weighted by molar-refractivity contribution is 7.89. The molecule has 0 atom stereocenters. The second-order valence-electron chi connectivity index (χ2n) is 5.71. The van der Waals surface area contributed by atoms with E-state index in [0.717, 1.165) is 12.8 Å². The van der Waals surface area contributed by atoms with Gasteiger partial charge < -0.3 is 10.1 Å². The molecule has 2 rings (SSSR count). The van der Waals surface area contributed by atoms with Crippen LogP contribution in [0.4, 0.5) is 4.79 Å². The van der Waals surface area contributed by atoms with E-state index in [2.05, 4.69) is 15.5 Å². The Morgan fingerprint density at radius 2 is 1.70 bits per heavy atom. The Kier molecular flexibility index (Phi) is 7.13. The van der Waals surface area contributed by atoms with Crippen molar-refractivity contribution < 1.29 is 27.5 Å². The van der Waals surface area contributed by atoms with Crippen molar-refractivity contribution in [3.63, 3.8) is 0 Å². The topological polar surface area (TPSA) is 134 Å². The number of nitrogens with one attached hydrogen (secondary N) is 3.